The Bertz CT molecular complexity index is 2990. The molecule has 0 spiro atoms. The maximum Gasteiger partial charge on any atom is 0.252 e. The molecule has 0 aromatic heterocycles. The van der Waals surface area contributed by atoms with Crippen molar-refractivity contribution in [1.29, 1.82) is 0 Å². The van der Waals surface area contributed by atoms with Gasteiger partial charge in [-0.05, 0) is 167 Å². The zero-order chi connectivity index (χ0) is 40.5. The van der Waals surface area contributed by atoms with Crippen molar-refractivity contribution in [3.8, 4) is 11.1 Å². The van der Waals surface area contributed by atoms with Crippen LogP contribution in [0, 0.1) is 27.7 Å². The van der Waals surface area contributed by atoms with Gasteiger partial charge in [0.15, 0.2) is 0 Å². The summed E-state index contributed by atoms with van der Waals surface area (Å²) in [5, 5.41) is 2.50. The van der Waals surface area contributed by atoms with E-state index in [9.17, 15) is 0 Å². The lowest BCUT2D eigenvalue weighted by Crippen LogP contribution is -2.61. The van der Waals surface area contributed by atoms with E-state index in [-0.39, 0.29) is 6.71 Å². The lowest BCUT2D eigenvalue weighted by atomic mass is 9.33. The minimum atomic E-state index is 0.0452. The zero-order valence-corrected chi connectivity index (χ0v) is 34.4. The zero-order valence-electron chi connectivity index (χ0n) is 34.4. The van der Waals surface area contributed by atoms with Crippen molar-refractivity contribution < 1.29 is 0 Å². The smallest absolute Gasteiger partial charge is 0.252 e. The van der Waals surface area contributed by atoms with E-state index >= 15 is 0 Å². The summed E-state index contributed by atoms with van der Waals surface area (Å²) in [7, 11) is 0. The van der Waals surface area contributed by atoms with Crippen molar-refractivity contribution in [1.82, 2.24) is 0 Å². The number of fused-ring (bicyclic) bond motifs is 5. The minimum absolute atomic E-state index is 0.0452. The van der Waals surface area contributed by atoms with E-state index in [0.717, 1.165) is 28.4 Å². The summed E-state index contributed by atoms with van der Waals surface area (Å²) >= 11 is 0. The molecule has 0 N–H and O–H groups in total. The number of benzene rings is 9. The van der Waals surface area contributed by atoms with E-state index in [1.165, 1.54) is 83.3 Å². The summed E-state index contributed by atoms with van der Waals surface area (Å²) in [6, 6.07) is 72.1. The molecule has 0 amide bonds. The molecular weight excluding hydrogens is 725 g/mol. The molecule has 0 bridgehead atoms. The first kappa shape index (κ1) is 35.8. The Labute approximate surface area is 353 Å². The first-order valence-corrected chi connectivity index (χ1v) is 20.9. The van der Waals surface area contributed by atoms with Crippen LogP contribution in [0.15, 0.2) is 194 Å². The van der Waals surface area contributed by atoms with Crippen LogP contribution in [0.5, 0.6) is 0 Å². The van der Waals surface area contributed by atoms with E-state index in [0.29, 0.717) is 0 Å². The predicted octanol–water partition coefficient (Wildman–Crippen LogP) is 13.3. The highest BCUT2D eigenvalue weighted by Gasteiger charge is 2.44. The Hall–Kier alpha value is -7.30. The normalized spacial score (nSPS) is 12.6. The van der Waals surface area contributed by atoms with Crippen LogP contribution in [-0.2, 0) is 0 Å². The Morgan fingerprint density at radius 3 is 1.45 bits per heavy atom. The van der Waals surface area contributed by atoms with Crippen LogP contribution in [0.3, 0.4) is 0 Å². The standard InChI is InChI=1S/C56H44BN3/c1-37-12-10-18-47(30-37)59-52-32-39(3)20-28-50(52)57-51-29-21-40(4)33-53(51)60(48-19-11-13-38(2)31-48)55-36-49(35-54(59)56(55)57)58(45-16-6-5-7-17-45)46-26-24-42(25-27-46)44-23-22-41-14-8-9-15-43(41)34-44/h5-36H,1-4H3. The molecule has 2 aliphatic heterocycles. The van der Waals surface area contributed by atoms with E-state index in [1.807, 2.05) is 0 Å². The van der Waals surface area contributed by atoms with Gasteiger partial charge in [0.1, 0.15) is 0 Å². The van der Waals surface area contributed by atoms with Gasteiger partial charge in [-0.1, -0.05) is 115 Å². The molecule has 0 radical (unpaired) electrons. The molecule has 0 unspecified atom stereocenters. The highest BCUT2D eigenvalue weighted by Crippen LogP contribution is 2.48. The van der Waals surface area contributed by atoms with Gasteiger partial charge in [0.2, 0.25) is 0 Å². The van der Waals surface area contributed by atoms with Gasteiger partial charge in [-0.2, -0.15) is 0 Å². The second-order valence-electron chi connectivity index (χ2n) is 16.6. The van der Waals surface area contributed by atoms with Crippen LogP contribution in [0.25, 0.3) is 21.9 Å². The second kappa shape index (κ2) is 14.2. The molecule has 3 nitrogen and oxygen atoms in total. The van der Waals surface area contributed by atoms with Gasteiger partial charge >= 0.3 is 0 Å². The lowest BCUT2D eigenvalue weighted by molar-refractivity contribution is 1.21. The number of aryl methyl sites for hydroxylation is 4. The van der Waals surface area contributed by atoms with Gasteiger partial charge in [0.25, 0.3) is 6.71 Å². The molecule has 9 aromatic carbocycles. The van der Waals surface area contributed by atoms with E-state index in [4.69, 9.17) is 0 Å². The fraction of sp³-hybridized carbons (Fsp3) is 0.0714. The van der Waals surface area contributed by atoms with Gasteiger partial charge in [0, 0.05) is 45.5 Å². The first-order valence-electron chi connectivity index (χ1n) is 20.9. The Kier molecular flexibility index (Phi) is 8.49. The van der Waals surface area contributed by atoms with Crippen molar-refractivity contribution in [2.24, 2.45) is 0 Å². The molecular formula is C56H44BN3. The molecule has 0 atom stereocenters. The van der Waals surface area contributed by atoms with E-state index in [2.05, 4.69) is 237 Å². The monoisotopic (exact) mass is 769 g/mol. The number of para-hydroxylation sites is 1. The van der Waals surface area contributed by atoms with E-state index in [1.54, 1.807) is 0 Å². The Morgan fingerprint density at radius 1 is 0.350 bits per heavy atom. The van der Waals surface area contributed by atoms with Crippen LogP contribution in [0.2, 0.25) is 0 Å². The second-order valence-corrected chi connectivity index (χ2v) is 16.6. The number of anilines is 9. The molecule has 4 heteroatoms. The number of hydrogen-bond acceptors (Lipinski definition) is 3. The van der Waals surface area contributed by atoms with Gasteiger partial charge < -0.3 is 14.7 Å². The topological polar surface area (TPSA) is 9.72 Å². The molecule has 2 aliphatic rings. The number of rotatable bonds is 6. The SMILES string of the molecule is Cc1cccc(N2c3cc(C)ccc3B3c4ccc(C)cc4N(c4cccc(C)c4)c4cc(N(c5ccccc5)c5ccc(-c6ccc7ccccc7c6)cc5)cc2c43)c1. The molecule has 0 fully saturated rings. The van der Waals surface area contributed by atoms with Crippen LogP contribution in [0.1, 0.15) is 22.3 Å². The average Bonchev–Trinajstić information content (AvgIpc) is 3.26. The molecule has 286 valence electrons. The summed E-state index contributed by atoms with van der Waals surface area (Å²) in [6.07, 6.45) is 0. The van der Waals surface area contributed by atoms with Crippen molar-refractivity contribution in [3.63, 3.8) is 0 Å². The third-order valence-electron chi connectivity index (χ3n) is 12.4. The van der Waals surface area contributed by atoms with Crippen molar-refractivity contribution in [3.05, 3.63) is 216 Å². The third-order valence-corrected chi connectivity index (χ3v) is 12.4. The van der Waals surface area contributed by atoms with Crippen molar-refractivity contribution >= 4 is 85.1 Å². The van der Waals surface area contributed by atoms with Crippen molar-refractivity contribution in [2.45, 2.75) is 27.7 Å². The summed E-state index contributed by atoms with van der Waals surface area (Å²) < 4.78 is 0. The molecule has 0 saturated carbocycles. The summed E-state index contributed by atoms with van der Waals surface area (Å²) in [5.41, 5.74) is 21.7. The lowest BCUT2D eigenvalue weighted by Gasteiger charge is -2.45. The van der Waals surface area contributed by atoms with Gasteiger partial charge in [0.05, 0.1) is 5.69 Å². The molecule has 2 heterocycles. The largest absolute Gasteiger partial charge is 0.311 e. The maximum absolute atomic E-state index is 2.52. The minimum Gasteiger partial charge on any atom is -0.311 e. The van der Waals surface area contributed by atoms with Crippen molar-refractivity contribution in [2.75, 3.05) is 14.7 Å². The molecule has 0 aliphatic carbocycles. The molecule has 0 saturated heterocycles. The van der Waals surface area contributed by atoms with Gasteiger partial charge in [-0.25, -0.2) is 0 Å². The Morgan fingerprint density at radius 2 is 0.867 bits per heavy atom. The van der Waals surface area contributed by atoms with Crippen LogP contribution >= 0.6 is 0 Å². The maximum atomic E-state index is 2.52. The van der Waals surface area contributed by atoms with E-state index < -0.39 is 0 Å². The summed E-state index contributed by atoms with van der Waals surface area (Å²) in [4.78, 5) is 7.47. The Balaban J connectivity index is 1.19. The first-order chi connectivity index (χ1) is 29.4. The molecule has 60 heavy (non-hydrogen) atoms. The van der Waals surface area contributed by atoms with Crippen LogP contribution < -0.4 is 31.1 Å². The molecule has 9 aromatic rings. The third kappa shape index (κ3) is 5.98. The average molecular weight is 770 g/mol. The quantitative estimate of drug-likeness (QED) is 0.156. The fourth-order valence-electron chi connectivity index (χ4n) is 9.61. The predicted molar refractivity (Wildman–Crippen MR) is 257 cm³/mol. The summed E-state index contributed by atoms with van der Waals surface area (Å²) in [5.74, 6) is 0. The highest BCUT2D eigenvalue weighted by molar-refractivity contribution is 7.00. The number of nitrogens with zero attached hydrogens (tertiary/aromatic N) is 3. The molecule has 11 rings (SSSR count). The highest BCUT2D eigenvalue weighted by atomic mass is 15.2. The summed E-state index contributed by atoms with van der Waals surface area (Å²) in [6.45, 7) is 8.85. The fourth-order valence-corrected chi connectivity index (χ4v) is 9.61. The van der Waals surface area contributed by atoms with Crippen LogP contribution in [0.4, 0.5) is 51.2 Å². The van der Waals surface area contributed by atoms with Gasteiger partial charge in [-0.3, -0.25) is 0 Å². The van der Waals surface area contributed by atoms with Gasteiger partial charge in [-0.15, -0.1) is 0 Å². The number of hydrogen-bond donors (Lipinski definition) is 0. The van der Waals surface area contributed by atoms with Crippen LogP contribution in [-0.4, -0.2) is 6.71 Å².